The first-order valence-electron chi connectivity index (χ1n) is 4.51. The average Bonchev–Trinajstić information content (AvgIpc) is 2.67. The molecule has 84 valence electrons. The summed E-state index contributed by atoms with van der Waals surface area (Å²) in [6.45, 7) is 0. The lowest BCUT2D eigenvalue weighted by Gasteiger charge is -2.12. The molecule has 0 radical (unpaired) electrons. The number of benzene rings is 1. The number of halogens is 3. The molecule has 1 aromatic carbocycles. The van der Waals surface area contributed by atoms with Gasteiger partial charge in [-0.1, -0.05) is 17.7 Å². The largest absolute Gasteiger partial charge is 0.320 e. The number of thiophene rings is 1. The summed E-state index contributed by atoms with van der Waals surface area (Å²) in [5.41, 5.74) is 8.33. The zero-order valence-electron chi connectivity index (χ0n) is 8.08. The number of rotatable bonds is 2. The van der Waals surface area contributed by atoms with Crippen LogP contribution in [0.2, 0.25) is 5.02 Å². The average molecular weight is 429 g/mol. The van der Waals surface area contributed by atoms with Crippen molar-refractivity contribution < 1.29 is 0 Å². The van der Waals surface area contributed by atoms with Crippen LogP contribution in [0.1, 0.15) is 17.2 Å². The van der Waals surface area contributed by atoms with E-state index in [1.807, 2.05) is 23.6 Å². The van der Waals surface area contributed by atoms with E-state index in [0.29, 0.717) is 0 Å². The summed E-state index contributed by atoms with van der Waals surface area (Å²) in [5, 5.41) is 4.84. The van der Waals surface area contributed by atoms with E-state index >= 15 is 0 Å². The van der Waals surface area contributed by atoms with E-state index in [4.69, 9.17) is 17.3 Å². The van der Waals surface area contributed by atoms with Crippen LogP contribution in [0.25, 0.3) is 0 Å². The van der Waals surface area contributed by atoms with Crippen molar-refractivity contribution in [1.82, 2.24) is 0 Å². The predicted molar refractivity (Wildman–Crippen MR) is 82.2 cm³/mol. The van der Waals surface area contributed by atoms with Gasteiger partial charge < -0.3 is 5.73 Å². The summed E-state index contributed by atoms with van der Waals surface area (Å²) in [6.07, 6.45) is 0. The van der Waals surface area contributed by atoms with Gasteiger partial charge in [0.25, 0.3) is 0 Å². The number of hydrogen-bond acceptors (Lipinski definition) is 2. The van der Waals surface area contributed by atoms with Gasteiger partial charge in [0.2, 0.25) is 0 Å². The third-order valence-corrected chi connectivity index (χ3v) is 5.60. The maximum Gasteiger partial charge on any atom is 0.0571 e. The fourth-order valence-electron chi connectivity index (χ4n) is 1.40. The number of nitrogens with two attached hydrogens (primary N) is 1. The Kier molecular flexibility index (Phi) is 4.29. The Bertz CT molecular complexity index is 514. The van der Waals surface area contributed by atoms with Crippen LogP contribution < -0.4 is 5.73 Å². The van der Waals surface area contributed by atoms with Crippen molar-refractivity contribution >= 4 is 61.5 Å². The highest BCUT2D eigenvalue weighted by atomic mass is 127. The summed E-state index contributed by atoms with van der Waals surface area (Å²) in [5.74, 6) is 0. The van der Waals surface area contributed by atoms with Crippen LogP contribution in [0.15, 0.2) is 33.4 Å². The standard InChI is InChI=1S/C11H8BrClINS/c12-8-5-16-4-7(8)11(15)6-1-2-10(14)9(13)3-6/h1-5,11H,15H2. The lowest BCUT2D eigenvalue weighted by Crippen LogP contribution is -2.11. The second kappa shape index (κ2) is 5.35. The summed E-state index contributed by atoms with van der Waals surface area (Å²) in [6, 6.07) is 5.80. The van der Waals surface area contributed by atoms with Crippen molar-refractivity contribution in [3.05, 3.63) is 53.2 Å². The van der Waals surface area contributed by atoms with Crippen molar-refractivity contribution in [2.24, 2.45) is 5.73 Å². The van der Waals surface area contributed by atoms with Crippen LogP contribution >= 0.6 is 61.5 Å². The van der Waals surface area contributed by atoms with Crippen molar-refractivity contribution in [2.75, 3.05) is 0 Å². The van der Waals surface area contributed by atoms with Gasteiger partial charge in [-0.3, -0.25) is 0 Å². The van der Waals surface area contributed by atoms with Crippen molar-refractivity contribution in [3.63, 3.8) is 0 Å². The Morgan fingerprint density at radius 1 is 1.38 bits per heavy atom. The molecule has 0 amide bonds. The fraction of sp³-hybridized carbons (Fsp3) is 0.0909. The van der Waals surface area contributed by atoms with Gasteiger partial charge in [0.05, 0.1) is 11.1 Å². The van der Waals surface area contributed by atoms with Crippen LogP contribution in [0.4, 0.5) is 0 Å². The molecule has 0 aliphatic carbocycles. The monoisotopic (exact) mass is 427 g/mol. The molecule has 2 rings (SSSR count). The van der Waals surface area contributed by atoms with Crippen LogP contribution in [-0.2, 0) is 0 Å². The second-order valence-electron chi connectivity index (χ2n) is 3.33. The minimum atomic E-state index is -0.130. The van der Waals surface area contributed by atoms with E-state index in [1.54, 1.807) is 11.3 Å². The highest BCUT2D eigenvalue weighted by molar-refractivity contribution is 14.1. The van der Waals surface area contributed by atoms with Crippen LogP contribution in [0.3, 0.4) is 0 Å². The molecule has 16 heavy (non-hydrogen) atoms. The summed E-state index contributed by atoms with van der Waals surface area (Å²) >= 11 is 13.4. The van der Waals surface area contributed by atoms with Gasteiger partial charge in [-0.2, -0.15) is 11.3 Å². The molecule has 0 aliphatic rings. The van der Waals surface area contributed by atoms with Gasteiger partial charge >= 0.3 is 0 Å². The van der Waals surface area contributed by atoms with E-state index in [9.17, 15) is 0 Å². The Hall–Kier alpha value is 0.380. The maximum atomic E-state index is 6.20. The molecule has 0 aliphatic heterocycles. The number of hydrogen-bond donors (Lipinski definition) is 1. The minimum Gasteiger partial charge on any atom is -0.320 e. The molecule has 0 bridgehead atoms. The first kappa shape index (κ1) is 12.8. The zero-order valence-corrected chi connectivity index (χ0v) is 13.4. The highest BCUT2D eigenvalue weighted by Gasteiger charge is 2.13. The molecule has 0 fully saturated rings. The lowest BCUT2D eigenvalue weighted by molar-refractivity contribution is 0.871. The maximum absolute atomic E-state index is 6.20. The van der Waals surface area contributed by atoms with Gasteiger partial charge in [0.15, 0.2) is 0 Å². The molecule has 1 aromatic heterocycles. The zero-order chi connectivity index (χ0) is 11.7. The third-order valence-electron chi connectivity index (χ3n) is 2.28. The van der Waals surface area contributed by atoms with E-state index in [1.165, 1.54) is 0 Å². The molecule has 0 saturated heterocycles. The summed E-state index contributed by atoms with van der Waals surface area (Å²) in [4.78, 5) is 0. The molecule has 0 saturated carbocycles. The smallest absolute Gasteiger partial charge is 0.0571 e. The normalized spacial score (nSPS) is 12.8. The van der Waals surface area contributed by atoms with Crippen LogP contribution in [0.5, 0.6) is 0 Å². The van der Waals surface area contributed by atoms with Crippen molar-refractivity contribution in [1.29, 1.82) is 0 Å². The molecular weight excluding hydrogens is 420 g/mol. The van der Waals surface area contributed by atoms with Gasteiger partial charge in [-0.05, 0) is 67.2 Å². The second-order valence-corrected chi connectivity index (χ2v) is 6.49. The SMILES string of the molecule is NC(c1ccc(I)c(Cl)c1)c1cscc1Br. The Morgan fingerprint density at radius 3 is 2.69 bits per heavy atom. The summed E-state index contributed by atoms with van der Waals surface area (Å²) in [7, 11) is 0. The topological polar surface area (TPSA) is 26.0 Å². The Balaban J connectivity index is 2.38. The highest BCUT2D eigenvalue weighted by Crippen LogP contribution is 2.31. The molecule has 1 nitrogen and oxygen atoms in total. The quantitative estimate of drug-likeness (QED) is 0.682. The van der Waals surface area contributed by atoms with Gasteiger partial charge in [-0.25, -0.2) is 0 Å². The van der Waals surface area contributed by atoms with Crippen molar-refractivity contribution in [3.8, 4) is 0 Å². The minimum absolute atomic E-state index is 0.130. The third kappa shape index (κ3) is 2.61. The predicted octanol–water partition coefficient (Wildman–Crippen LogP) is 4.82. The lowest BCUT2D eigenvalue weighted by atomic mass is 10.0. The molecule has 1 heterocycles. The summed E-state index contributed by atoms with van der Waals surface area (Å²) < 4.78 is 2.10. The van der Waals surface area contributed by atoms with Crippen LogP contribution in [0, 0.1) is 3.57 Å². The molecule has 1 unspecified atom stereocenters. The van der Waals surface area contributed by atoms with E-state index in [0.717, 1.165) is 24.2 Å². The van der Waals surface area contributed by atoms with Gasteiger partial charge in [-0.15, -0.1) is 0 Å². The molecular formula is C11H8BrClINS. The van der Waals surface area contributed by atoms with E-state index in [2.05, 4.69) is 43.9 Å². The van der Waals surface area contributed by atoms with Crippen LogP contribution in [-0.4, -0.2) is 0 Å². The molecule has 1 atom stereocenters. The Labute approximate surface area is 125 Å². The molecule has 0 spiro atoms. The first-order chi connectivity index (χ1) is 7.59. The molecule has 2 N–H and O–H groups in total. The van der Waals surface area contributed by atoms with Gasteiger partial charge in [0.1, 0.15) is 0 Å². The van der Waals surface area contributed by atoms with Crippen molar-refractivity contribution in [2.45, 2.75) is 6.04 Å². The fourth-order valence-corrected chi connectivity index (χ4v) is 3.50. The van der Waals surface area contributed by atoms with E-state index < -0.39 is 0 Å². The Morgan fingerprint density at radius 2 is 2.12 bits per heavy atom. The molecule has 5 heteroatoms. The first-order valence-corrected chi connectivity index (χ1v) is 7.71. The van der Waals surface area contributed by atoms with Gasteiger partial charge in [0, 0.05) is 13.4 Å². The molecule has 2 aromatic rings. The van der Waals surface area contributed by atoms with E-state index in [-0.39, 0.29) is 6.04 Å².